The zero-order valence-corrected chi connectivity index (χ0v) is 22.8. The van der Waals surface area contributed by atoms with E-state index in [0.717, 1.165) is 40.2 Å². The first kappa shape index (κ1) is 25.2. The number of esters is 1. The maximum Gasteiger partial charge on any atom is 0.330 e. The average molecular weight is 527 g/mol. The summed E-state index contributed by atoms with van der Waals surface area (Å²) < 4.78 is 11.5. The lowest BCUT2D eigenvalue weighted by Crippen LogP contribution is -2.48. The predicted molar refractivity (Wildman–Crippen MR) is 153 cm³/mol. The zero-order valence-electron chi connectivity index (χ0n) is 22.0. The Hall–Kier alpha value is -3.04. The van der Waals surface area contributed by atoms with Crippen LogP contribution in [-0.4, -0.2) is 12.6 Å². The number of hydrogen-bond donors (Lipinski definition) is 0. The van der Waals surface area contributed by atoms with Crippen LogP contribution in [0.1, 0.15) is 62.1 Å². The van der Waals surface area contributed by atoms with E-state index >= 15 is 0 Å². The topological polar surface area (TPSA) is 35.5 Å². The molecule has 38 heavy (non-hydrogen) atoms. The van der Waals surface area contributed by atoms with E-state index in [0.29, 0.717) is 18.2 Å². The molecule has 0 atom stereocenters. The van der Waals surface area contributed by atoms with Gasteiger partial charge in [0.15, 0.2) is 0 Å². The van der Waals surface area contributed by atoms with Gasteiger partial charge >= 0.3 is 5.97 Å². The summed E-state index contributed by atoms with van der Waals surface area (Å²) in [7, 11) is 0. The fourth-order valence-electron chi connectivity index (χ4n) is 7.62. The molecule has 0 spiro atoms. The molecule has 196 valence electrons. The second kappa shape index (κ2) is 10.6. The van der Waals surface area contributed by atoms with E-state index in [1.807, 2.05) is 18.2 Å². The van der Waals surface area contributed by atoms with Gasteiger partial charge in [-0.3, -0.25) is 0 Å². The van der Waals surface area contributed by atoms with Crippen molar-refractivity contribution in [1.29, 1.82) is 0 Å². The zero-order chi connectivity index (χ0) is 26.1. The van der Waals surface area contributed by atoms with E-state index < -0.39 is 0 Å². The molecule has 0 heterocycles. The van der Waals surface area contributed by atoms with Crippen molar-refractivity contribution in [3.05, 3.63) is 94.5 Å². The minimum atomic E-state index is -0.362. The normalized spacial score (nSPS) is 25.6. The Bertz CT molecular complexity index is 1310. The second-order valence-corrected chi connectivity index (χ2v) is 11.9. The van der Waals surface area contributed by atoms with Crippen LogP contribution in [0.3, 0.4) is 0 Å². The minimum absolute atomic E-state index is 0.211. The van der Waals surface area contributed by atoms with Crippen LogP contribution >= 0.6 is 11.6 Å². The average Bonchev–Trinajstić information content (AvgIpc) is 2.91. The van der Waals surface area contributed by atoms with Crippen molar-refractivity contribution < 1.29 is 14.3 Å². The third-order valence-corrected chi connectivity index (χ3v) is 9.17. The van der Waals surface area contributed by atoms with Crippen LogP contribution in [0.15, 0.2) is 72.8 Å². The highest BCUT2D eigenvalue weighted by Gasteiger charge is 2.52. The lowest BCUT2D eigenvalue weighted by molar-refractivity contribution is -0.137. The quantitative estimate of drug-likeness (QED) is 0.217. The molecule has 4 aliphatic carbocycles. The van der Waals surface area contributed by atoms with Gasteiger partial charge in [-0.25, -0.2) is 4.79 Å². The summed E-state index contributed by atoms with van der Waals surface area (Å²) in [5, 5.41) is 0.615. The molecule has 3 nitrogen and oxygen atoms in total. The predicted octanol–water partition coefficient (Wildman–Crippen LogP) is 8.63. The number of hydrogen-bond acceptors (Lipinski definition) is 3. The van der Waals surface area contributed by atoms with Crippen molar-refractivity contribution in [2.24, 2.45) is 17.8 Å². The summed E-state index contributed by atoms with van der Waals surface area (Å²) in [6.07, 6.45) is 11.2. The fourth-order valence-corrected chi connectivity index (χ4v) is 7.86. The van der Waals surface area contributed by atoms with Crippen LogP contribution in [0.25, 0.3) is 17.2 Å². The molecule has 3 aromatic carbocycles. The van der Waals surface area contributed by atoms with Gasteiger partial charge in [0.2, 0.25) is 0 Å². The van der Waals surface area contributed by atoms with Crippen LogP contribution in [0.2, 0.25) is 5.02 Å². The Labute approximate surface area is 230 Å². The molecule has 0 saturated heterocycles. The second-order valence-electron chi connectivity index (χ2n) is 11.5. The summed E-state index contributed by atoms with van der Waals surface area (Å²) in [6.45, 7) is 2.73. The number of ether oxygens (including phenoxy) is 2. The van der Waals surface area contributed by atoms with Crippen molar-refractivity contribution >= 4 is 23.6 Å². The molecule has 3 aromatic rings. The number of carbonyl (C=O) groups is 1. The Morgan fingerprint density at radius 3 is 2.24 bits per heavy atom. The lowest BCUT2D eigenvalue weighted by Gasteiger charge is -2.57. The molecule has 4 heteroatoms. The number of rotatable bonds is 8. The van der Waals surface area contributed by atoms with Gasteiger partial charge in [-0.15, -0.1) is 0 Å². The van der Waals surface area contributed by atoms with Crippen LogP contribution in [0.5, 0.6) is 5.75 Å². The fraction of sp³-hybridized carbons (Fsp3) is 0.382. The third-order valence-electron chi connectivity index (χ3n) is 8.85. The number of halogens is 1. The van der Waals surface area contributed by atoms with Crippen molar-refractivity contribution in [3.63, 3.8) is 0 Å². The van der Waals surface area contributed by atoms with Crippen molar-refractivity contribution in [3.8, 4) is 16.9 Å². The highest BCUT2D eigenvalue weighted by atomic mass is 35.5. The number of carbonyl (C=O) groups excluding carboxylic acids is 1. The molecule has 0 radical (unpaired) electrons. The van der Waals surface area contributed by atoms with Gasteiger partial charge in [0, 0.05) is 16.7 Å². The van der Waals surface area contributed by atoms with Gasteiger partial charge in [-0.05, 0) is 115 Å². The first-order chi connectivity index (χ1) is 18.5. The van der Waals surface area contributed by atoms with Gasteiger partial charge in [0.1, 0.15) is 12.4 Å². The molecule has 0 aliphatic heterocycles. The Morgan fingerprint density at radius 2 is 1.58 bits per heavy atom. The first-order valence-electron chi connectivity index (χ1n) is 14.0. The Morgan fingerprint density at radius 1 is 0.921 bits per heavy atom. The highest BCUT2D eigenvalue weighted by molar-refractivity contribution is 6.32. The smallest absolute Gasteiger partial charge is 0.330 e. The molecular weight excluding hydrogens is 492 g/mol. The molecule has 4 bridgehead atoms. The van der Waals surface area contributed by atoms with Crippen LogP contribution in [-0.2, 0) is 21.6 Å². The maximum absolute atomic E-state index is 11.7. The van der Waals surface area contributed by atoms with Gasteiger partial charge < -0.3 is 9.47 Å². The lowest BCUT2D eigenvalue weighted by atomic mass is 9.48. The first-order valence-corrected chi connectivity index (χ1v) is 14.3. The van der Waals surface area contributed by atoms with Gasteiger partial charge in [0.05, 0.1) is 6.61 Å². The van der Waals surface area contributed by atoms with E-state index in [4.69, 9.17) is 21.1 Å². The van der Waals surface area contributed by atoms with Gasteiger partial charge in [-0.1, -0.05) is 60.1 Å². The van der Waals surface area contributed by atoms with Gasteiger partial charge in [0.25, 0.3) is 0 Å². The summed E-state index contributed by atoms with van der Waals surface area (Å²) >= 11 is 6.66. The summed E-state index contributed by atoms with van der Waals surface area (Å²) in [4.78, 5) is 11.7. The van der Waals surface area contributed by atoms with E-state index in [-0.39, 0.29) is 11.4 Å². The monoisotopic (exact) mass is 526 g/mol. The molecular formula is C34H35ClO3. The molecule has 0 unspecified atom stereocenters. The van der Waals surface area contributed by atoms with Crippen molar-refractivity contribution in [2.75, 3.05) is 6.61 Å². The molecule has 4 saturated carbocycles. The number of benzene rings is 3. The Balaban J connectivity index is 1.33. The molecule has 0 N–H and O–H groups in total. The third kappa shape index (κ3) is 5.14. The molecule has 7 rings (SSSR count). The van der Waals surface area contributed by atoms with Crippen LogP contribution < -0.4 is 4.74 Å². The van der Waals surface area contributed by atoms with Crippen LogP contribution in [0.4, 0.5) is 0 Å². The highest BCUT2D eigenvalue weighted by Crippen LogP contribution is 2.62. The maximum atomic E-state index is 11.7. The Kier molecular flexibility index (Phi) is 7.05. The van der Waals surface area contributed by atoms with Gasteiger partial charge in [-0.2, -0.15) is 0 Å². The summed E-state index contributed by atoms with van der Waals surface area (Å²) in [6, 6.07) is 23.2. The van der Waals surface area contributed by atoms with E-state index in [2.05, 4.69) is 48.5 Å². The van der Waals surface area contributed by atoms with E-state index in [9.17, 15) is 4.79 Å². The van der Waals surface area contributed by atoms with E-state index in [1.54, 1.807) is 13.0 Å². The standard InChI is InChI=1S/C34H35ClO3/c1-2-37-33(36)13-11-27-8-9-29(18-31(27)35)28-10-12-32(38-22-23-6-4-3-5-7-23)30(17-28)34-19-24-14-25(20-34)16-26(15-24)21-34/h3-13,17-18,24-26H,2,14-16,19-22H2,1H3/b13-11+. The van der Waals surface area contributed by atoms with Crippen molar-refractivity contribution in [1.82, 2.24) is 0 Å². The molecule has 0 aromatic heterocycles. The van der Waals surface area contributed by atoms with E-state index in [1.165, 1.54) is 55.7 Å². The van der Waals surface area contributed by atoms with Crippen LogP contribution in [0, 0.1) is 17.8 Å². The molecule has 4 aliphatic rings. The van der Waals surface area contributed by atoms with Crippen molar-refractivity contribution in [2.45, 2.75) is 57.5 Å². The largest absolute Gasteiger partial charge is 0.489 e. The SMILES string of the molecule is CCOC(=O)/C=C/c1ccc(-c2ccc(OCc3ccccc3)c(C34CC5CC(CC(C5)C3)C4)c2)cc1Cl. The molecule has 4 fully saturated rings. The summed E-state index contributed by atoms with van der Waals surface area (Å²) in [5.74, 6) is 3.23. The molecule has 0 amide bonds. The minimum Gasteiger partial charge on any atom is -0.489 e. The summed E-state index contributed by atoms with van der Waals surface area (Å²) in [5.41, 5.74) is 5.81.